The summed E-state index contributed by atoms with van der Waals surface area (Å²) < 4.78 is 30.1. The van der Waals surface area contributed by atoms with E-state index < -0.39 is 9.84 Å². The summed E-state index contributed by atoms with van der Waals surface area (Å²) in [4.78, 5) is 18.8. The van der Waals surface area contributed by atoms with Gasteiger partial charge in [0.25, 0.3) is 0 Å². The molecule has 2 atom stereocenters. The molecule has 0 bridgehead atoms. The topological polar surface area (TPSA) is 76.6 Å². The van der Waals surface area contributed by atoms with Gasteiger partial charge in [-0.15, -0.1) is 11.3 Å². The van der Waals surface area contributed by atoms with Gasteiger partial charge in [0, 0.05) is 30.3 Å². The molecular weight excluding hydrogens is 368 g/mol. The molecule has 2 saturated heterocycles. The van der Waals surface area contributed by atoms with Crippen LogP contribution in [0.5, 0.6) is 0 Å². The Morgan fingerprint density at radius 3 is 2.92 bits per heavy atom. The molecule has 0 saturated carbocycles. The molecule has 2 fully saturated rings. The molecule has 1 aromatic heterocycles. The zero-order valence-corrected chi connectivity index (χ0v) is 16.1. The van der Waals surface area contributed by atoms with Crippen LogP contribution in [0.3, 0.4) is 0 Å². The lowest BCUT2D eigenvalue weighted by atomic mass is 10.1. The lowest BCUT2D eigenvalue weighted by Crippen LogP contribution is -2.46. The number of ether oxygens (including phenoxy) is 1. The Morgan fingerprint density at radius 1 is 1.50 bits per heavy atom. The van der Waals surface area contributed by atoms with Crippen molar-refractivity contribution in [2.75, 3.05) is 30.4 Å². The van der Waals surface area contributed by atoms with Crippen LogP contribution in [0.15, 0.2) is 9.72 Å². The first kappa shape index (κ1) is 18.2. The minimum absolute atomic E-state index is 0.0227. The number of aromatic nitrogens is 1. The number of hydrogen-bond donors (Lipinski definition) is 0. The molecule has 0 radical (unpaired) electrons. The van der Waals surface area contributed by atoms with Gasteiger partial charge in [0.2, 0.25) is 5.91 Å². The van der Waals surface area contributed by atoms with E-state index in [0.29, 0.717) is 13.0 Å². The number of hydrogen-bond acceptors (Lipinski definition) is 7. The van der Waals surface area contributed by atoms with Crippen molar-refractivity contribution in [3.63, 3.8) is 0 Å². The van der Waals surface area contributed by atoms with Crippen LogP contribution in [0.2, 0.25) is 0 Å². The largest absolute Gasteiger partial charge is 0.376 e. The minimum atomic E-state index is -3.02. The molecule has 2 aliphatic rings. The van der Waals surface area contributed by atoms with Gasteiger partial charge in [-0.25, -0.2) is 13.4 Å². The first-order chi connectivity index (χ1) is 11.4. The smallest absolute Gasteiger partial charge is 0.233 e. The van der Waals surface area contributed by atoms with Crippen LogP contribution in [0.1, 0.15) is 25.0 Å². The molecule has 1 amide bonds. The number of carbonyl (C=O) groups excluding carboxylic acids is 1. The summed E-state index contributed by atoms with van der Waals surface area (Å²) in [6.07, 6.45) is 2.50. The van der Waals surface area contributed by atoms with Crippen LogP contribution in [0.25, 0.3) is 0 Å². The van der Waals surface area contributed by atoms with Gasteiger partial charge in [0.15, 0.2) is 14.2 Å². The summed E-state index contributed by atoms with van der Waals surface area (Å²) in [5.74, 6) is 0.513. The van der Waals surface area contributed by atoms with Gasteiger partial charge >= 0.3 is 0 Å². The zero-order chi connectivity index (χ0) is 17.2. The van der Waals surface area contributed by atoms with Gasteiger partial charge in [-0.3, -0.25) is 4.79 Å². The van der Waals surface area contributed by atoms with Crippen molar-refractivity contribution in [2.24, 2.45) is 0 Å². The third kappa shape index (κ3) is 4.71. The molecule has 3 heterocycles. The molecule has 0 spiro atoms. The van der Waals surface area contributed by atoms with Gasteiger partial charge in [0.05, 0.1) is 23.4 Å². The van der Waals surface area contributed by atoms with Crippen LogP contribution in [0, 0.1) is 6.92 Å². The molecule has 9 heteroatoms. The molecule has 0 N–H and O–H groups in total. The third-order valence-corrected chi connectivity index (χ3v) is 8.18. The van der Waals surface area contributed by atoms with Gasteiger partial charge in [0.1, 0.15) is 0 Å². The summed E-state index contributed by atoms with van der Waals surface area (Å²) >= 11 is 2.95. The van der Waals surface area contributed by atoms with Crippen LogP contribution in [0.4, 0.5) is 0 Å². The van der Waals surface area contributed by atoms with Crippen molar-refractivity contribution in [1.82, 2.24) is 9.88 Å². The quantitative estimate of drug-likeness (QED) is 0.689. The lowest BCUT2D eigenvalue weighted by molar-refractivity contribution is -0.131. The van der Waals surface area contributed by atoms with Gasteiger partial charge < -0.3 is 9.64 Å². The molecule has 6 nitrogen and oxygen atoms in total. The van der Waals surface area contributed by atoms with Crippen LogP contribution in [-0.2, 0) is 19.4 Å². The van der Waals surface area contributed by atoms with Crippen LogP contribution < -0.4 is 0 Å². The molecule has 3 rings (SSSR count). The van der Waals surface area contributed by atoms with Crippen molar-refractivity contribution in [2.45, 2.75) is 42.7 Å². The number of carbonyl (C=O) groups is 1. The van der Waals surface area contributed by atoms with E-state index in [2.05, 4.69) is 4.98 Å². The second kappa shape index (κ2) is 7.72. The van der Waals surface area contributed by atoms with E-state index in [0.717, 1.165) is 29.5 Å². The Labute approximate surface area is 150 Å². The maximum atomic E-state index is 12.7. The Balaban J connectivity index is 1.64. The fraction of sp³-hybridized carbons (Fsp3) is 0.733. The maximum absolute atomic E-state index is 12.7. The van der Waals surface area contributed by atoms with E-state index in [4.69, 9.17) is 4.74 Å². The summed E-state index contributed by atoms with van der Waals surface area (Å²) in [6, 6.07) is -0.217. The fourth-order valence-electron chi connectivity index (χ4n) is 3.09. The van der Waals surface area contributed by atoms with Gasteiger partial charge in [-0.05, 0) is 26.2 Å². The standard InChI is InChI=1S/C15H22N2O4S3/c1-11-8-22-15(16-11)23-9-14(18)17(7-13-3-2-5-21-13)12-4-6-24(19,20)10-12/h8,12-13H,2-7,9-10H2,1H3/t12-,13+/m1/s1. The molecule has 1 aromatic rings. The molecule has 0 unspecified atom stereocenters. The van der Waals surface area contributed by atoms with Gasteiger partial charge in [-0.1, -0.05) is 11.8 Å². The Bertz CT molecular complexity index is 683. The van der Waals surface area contributed by atoms with Crippen molar-refractivity contribution in [3.8, 4) is 0 Å². The highest BCUT2D eigenvalue weighted by atomic mass is 32.2. The van der Waals surface area contributed by atoms with Crippen molar-refractivity contribution in [1.29, 1.82) is 0 Å². The zero-order valence-electron chi connectivity index (χ0n) is 13.6. The van der Waals surface area contributed by atoms with E-state index in [1.807, 2.05) is 12.3 Å². The van der Waals surface area contributed by atoms with Gasteiger partial charge in [-0.2, -0.15) is 0 Å². The van der Waals surface area contributed by atoms with Crippen molar-refractivity contribution in [3.05, 3.63) is 11.1 Å². The number of nitrogens with zero attached hydrogens (tertiary/aromatic N) is 2. The van der Waals surface area contributed by atoms with Crippen molar-refractivity contribution >= 4 is 38.8 Å². The Hall–Kier alpha value is -0.640. The maximum Gasteiger partial charge on any atom is 0.233 e. The summed E-state index contributed by atoms with van der Waals surface area (Å²) in [6.45, 7) is 3.15. The number of aryl methyl sites for hydroxylation is 1. The summed E-state index contributed by atoms with van der Waals surface area (Å²) in [5, 5.41) is 1.96. The second-order valence-corrected chi connectivity index (χ2v) is 10.6. The molecule has 24 heavy (non-hydrogen) atoms. The number of thioether (sulfide) groups is 1. The normalized spacial score (nSPS) is 25.9. The van der Waals surface area contributed by atoms with Crippen LogP contribution in [-0.4, -0.2) is 66.8 Å². The average Bonchev–Trinajstić information content (AvgIpc) is 3.24. The molecule has 2 aliphatic heterocycles. The van der Waals surface area contributed by atoms with E-state index in [1.54, 1.807) is 4.90 Å². The highest BCUT2D eigenvalue weighted by Gasteiger charge is 2.36. The molecule has 134 valence electrons. The lowest BCUT2D eigenvalue weighted by Gasteiger charge is -2.30. The second-order valence-electron chi connectivity index (χ2n) is 6.28. The third-order valence-electron chi connectivity index (χ3n) is 4.31. The summed E-state index contributed by atoms with van der Waals surface area (Å²) in [5.41, 5.74) is 0.952. The highest BCUT2D eigenvalue weighted by molar-refractivity contribution is 8.01. The molecule has 0 aliphatic carbocycles. The van der Waals surface area contributed by atoms with Crippen molar-refractivity contribution < 1.29 is 17.9 Å². The van der Waals surface area contributed by atoms with Crippen LogP contribution >= 0.6 is 23.1 Å². The highest BCUT2D eigenvalue weighted by Crippen LogP contribution is 2.25. The Morgan fingerprint density at radius 2 is 2.33 bits per heavy atom. The Kier molecular flexibility index (Phi) is 5.84. The van der Waals surface area contributed by atoms with E-state index >= 15 is 0 Å². The summed E-state index contributed by atoms with van der Waals surface area (Å²) in [7, 11) is -3.02. The number of sulfone groups is 1. The van der Waals surface area contributed by atoms with E-state index in [9.17, 15) is 13.2 Å². The minimum Gasteiger partial charge on any atom is -0.376 e. The number of rotatable bonds is 6. The first-order valence-corrected chi connectivity index (χ1v) is 11.8. The SMILES string of the molecule is Cc1csc(SCC(=O)N(C[C@@H]2CCCO2)[C@@H]2CCS(=O)(=O)C2)n1. The number of amides is 1. The predicted molar refractivity (Wildman–Crippen MR) is 95.3 cm³/mol. The van der Waals surface area contributed by atoms with E-state index in [-0.39, 0.29) is 35.3 Å². The monoisotopic (exact) mass is 390 g/mol. The first-order valence-electron chi connectivity index (χ1n) is 8.09. The fourth-order valence-corrected chi connectivity index (χ4v) is 6.55. The average molecular weight is 391 g/mol. The predicted octanol–water partition coefficient (Wildman–Crippen LogP) is 1.74. The number of thiazole rings is 1. The van der Waals surface area contributed by atoms with E-state index in [1.165, 1.54) is 23.1 Å². The molecular formula is C15H22N2O4S3. The molecule has 0 aromatic carbocycles.